The van der Waals surface area contributed by atoms with E-state index in [1.54, 1.807) is 12.1 Å². The van der Waals surface area contributed by atoms with Crippen molar-refractivity contribution in [3.8, 4) is 5.75 Å². The van der Waals surface area contributed by atoms with Gasteiger partial charge in [-0.05, 0) is 91.4 Å². The number of benzene rings is 2. The van der Waals surface area contributed by atoms with Crippen LogP contribution in [0.15, 0.2) is 59.6 Å². The van der Waals surface area contributed by atoms with Gasteiger partial charge in [0, 0.05) is 38.6 Å². The first-order valence-corrected chi connectivity index (χ1v) is 19.3. The highest BCUT2D eigenvalue weighted by Crippen LogP contribution is 2.41. The van der Waals surface area contributed by atoms with Crippen LogP contribution in [0.25, 0.3) is 0 Å². The zero-order valence-electron chi connectivity index (χ0n) is 30.9. The lowest BCUT2D eigenvalue weighted by Gasteiger charge is -2.42. The lowest BCUT2D eigenvalue weighted by Crippen LogP contribution is -2.57. The van der Waals surface area contributed by atoms with Gasteiger partial charge in [0.25, 0.3) is 0 Å². The van der Waals surface area contributed by atoms with Gasteiger partial charge in [0.1, 0.15) is 5.75 Å². The summed E-state index contributed by atoms with van der Waals surface area (Å²) in [5.41, 5.74) is 9.46. The maximum absolute atomic E-state index is 10.1. The molecule has 0 unspecified atom stereocenters. The monoisotopic (exact) mass is 670 g/mol. The lowest BCUT2D eigenvalue weighted by molar-refractivity contribution is 0.0674. The summed E-state index contributed by atoms with van der Waals surface area (Å²) in [7, 11) is 0. The van der Waals surface area contributed by atoms with Crippen LogP contribution in [0.4, 0.5) is 0 Å². The SMILES string of the molecule is CC[C@H](C)[C@@H]1CN=C(N)N1C[C@@H]1CCCN1[C@@H](Cc1ccc(O)cc1)N1C[C@@H](Cc2ccccc2)N(CC2CCC(C(C)(C)C)CC2)C1=N. The number of nitrogens with two attached hydrogens (primary N) is 1. The summed E-state index contributed by atoms with van der Waals surface area (Å²) in [5, 5.41) is 20.0. The molecule has 0 amide bonds. The van der Waals surface area contributed by atoms with Crippen LogP contribution < -0.4 is 5.73 Å². The first-order chi connectivity index (χ1) is 23.5. The molecule has 2 saturated heterocycles. The molecule has 5 atom stereocenters. The Bertz CT molecular complexity index is 1400. The van der Waals surface area contributed by atoms with Crippen LogP contribution in [0.2, 0.25) is 0 Å². The molecule has 0 spiro atoms. The molecule has 268 valence electrons. The van der Waals surface area contributed by atoms with E-state index >= 15 is 0 Å². The van der Waals surface area contributed by atoms with Crippen LogP contribution in [0.3, 0.4) is 0 Å². The van der Waals surface area contributed by atoms with Gasteiger partial charge in [-0.15, -0.1) is 0 Å². The van der Waals surface area contributed by atoms with E-state index in [2.05, 4.69) is 96.7 Å². The molecule has 2 aromatic rings. The van der Waals surface area contributed by atoms with Crippen molar-refractivity contribution in [2.75, 3.05) is 32.7 Å². The molecule has 1 aliphatic carbocycles. The van der Waals surface area contributed by atoms with E-state index in [-0.39, 0.29) is 12.2 Å². The van der Waals surface area contributed by atoms with Crippen molar-refractivity contribution in [1.82, 2.24) is 19.6 Å². The van der Waals surface area contributed by atoms with Crippen molar-refractivity contribution in [1.29, 1.82) is 5.41 Å². The molecule has 0 bridgehead atoms. The Balaban J connectivity index is 1.27. The number of rotatable bonds is 12. The number of aromatic hydroxyl groups is 1. The van der Waals surface area contributed by atoms with Crippen LogP contribution >= 0.6 is 0 Å². The molecule has 3 heterocycles. The standard InChI is InChI=1S/C41H63N7O/c1-6-29(2)37-25-44-39(42)47(37)27-34-13-10-22-45(34)38(24-31-16-20-36(49)21-17-31)48-28-35(23-30-11-8-7-9-12-30)46(40(48)43)26-32-14-18-33(19-15-32)41(3,4)5/h7-9,11-12,16-17,20-21,29,32-35,37-38,43,49H,6,10,13-15,18-19,22-28H2,1-5H3,(H2,42,44)/t29-,32?,33?,34-,35+,37-,38+/m0/s1. The molecule has 1 saturated carbocycles. The molecule has 3 aliphatic heterocycles. The fourth-order valence-corrected chi connectivity index (χ4v) is 9.26. The lowest BCUT2D eigenvalue weighted by atomic mass is 9.70. The van der Waals surface area contributed by atoms with Gasteiger partial charge >= 0.3 is 0 Å². The Labute approximate surface area is 296 Å². The Kier molecular flexibility index (Phi) is 11.1. The van der Waals surface area contributed by atoms with Gasteiger partial charge in [-0.3, -0.25) is 15.3 Å². The van der Waals surface area contributed by atoms with Gasteiger partial charge < -0.3 is 25.5 Å². The summed E-state index contributed by atoms with van der Waals surface area (Å²) < 4.78 is 0. The van der Waals surface area contributed by atoms with Crippen molar-refractivity contribution in [3.63, 3.8) is 0 Å². The number of guanidine groups is 2. The Morgan fingerprint density at radius 2 is 1.63 bits per heavy atom. The first kappa shape index (κ1) is 35.6. The number of phenols is 1. The van der Waals surface area contributed by atoms with E-state index in [1.807, 2.05) is 0 Å². The minimum atomic E-state index is 0.0484. The largest absolute Gasteiger partial charge is 0.508 e. The van der Waals surface area contributed by atoms with E-state index in [4.69, 9.17) is 10.7 Å². The number of hydrogen-bond donors (Lipinski definition) is 3. The molecule has 0 aromatic heterocycles. The zero-order valence-corrected chi connectivity index (χ0v) is 30.9. The van der Waals surface area contributed by atoms with Gasteiger partial charge in [-0.1, -0.05) is 83.5 Å². The van der Waals surface area contributed by atoms with Crippen LogP contribution in [0.5, 0.6) is 5.75 Å². The Morgan fingerprint density at radius 1 is 0.918 bits per heavy atom. The van der Waals surface area contributed by atoms with Crippen LogP contribution in [0, 0.1) is 28.6 Å². The summed E-state index contributed by atoms with van der Waals surface area (Å²) in [6, 6.07) is 19.6. The van der Waals surface area contributed by atoms with Gasteiger partial charge in [0.05, 0.1) is 24.8 Å². The first-order valence-electron chi connectivity index (χ1n) is 19.3. The van der Waals surface area contributed by atoms with Gasteiger partial charge in [0.15, 0.2) is 11.9 Å². The van der Waals surface area contributed by atoms with Crippen molar-refractivity contribution in [2.24, 2.45) is 33.9 Å². The Morgan fingerprint density at radius 3 is 2.31 bits per heavy atom. The van der Waals surface area contributed by atoms with Crippen molar-refractivity contribution in [2.45, 2.75) is 117 Å². The number of phenolic OH excluding ortho intramolecular Hbond substituents is 1. The topological polar surface area (TPSA) is 95.4 Å². The fraction of sp³-hybridized carbons (Fsp3) is 0.659. The minimum Gasteiger partial charge on any atom is -0.508 e. The highest BCUT2D eigenvalue weighted by molar-refractivity contribution is 5.81. The predicted molar refractivity (Wildman–Crippen MR) is 202 cm³/mol. The fourth-order valence-electron chi connectivity index (χ4n) is 9.26. The van der Waals surface area contributed by atoms with E-state index in [1.165, 1.54) is 36.8 Å². The van der Waals surface area contributed by atoms with Crippen molar-refractivity contribution in [3.05, 3.63) is 65.7 Å². The molecule has 0 radical (unpaired) electrons. The maximum Gasteiger partial charge on any atom is 0.195 e. The normalized spacial score (nSPS) is 27.9. The van der Waals surface area contributed by atoms with Gasteiger partial charge in [-0.25, -0.2) is 0 Å². The maximum atomic E-state index is 10.1. The molecular weight excluding hydrogens is 606 g/mol. The highest BCUT2D eigenvalue weighted by Gasteiger charge is 2.45. The average molecular weight is 670 g/mol. The molecule has 8 heteroatoms. The number of nitrogens with one attached hydrogen (secondary N) is 1. The van der Waals surface area contributed by atoms with Crippen LogP contribution in [-0.4, -0.2) is 93.6 Å². The number of aliphatic imine (C=N–C) groups is 1. The molecule has 4 aliphatic rings. The number of hydrogen-bond acceptors (Lipinski definition) is 6. The van der Waals surface area contributed by atoms with E-state index in [0.29, 0.717) is 47.0 Å². The second kappa shape index (κ2) is 15.3. The van der Waals surface area contributed by atoms with Crippen molar-refractivity contribution < 1.29 is 5.11 Å². The highest BCUT2D eigenvalue weighted by atomic mass is 16.3. The summed E-state index contributed by atoms with van der Waals surface area (Å²) in [6.45, 7) is 16.3. The molecule has 49 heavy (non-hydrogen) atoms. The van der Waals surface area contributed by atoms with E-state index < -0.39 is 0 Å². The number of nitrogens with zero attached hydrogens (tertiary/aromatic N) is 5. The number of likely N-dealkylation sites (tertiary alicyclic amines) is 1. The molecule has 6 rings (SSSR count). The second-order valence-corrected chi connectivity index (χ2v) is 16.7. The summed E-state index contributed by atoms with van der Waals surface area (Å²) >= 11 is 0. The van der Waals surface area contributed by atoms with Crippen LogP contribution in [0.1, 0.15) is 90.7 Å². The smallest absolute Gasteiger partial charge is 0.195 e. The third kappa shape index (κ3) is 8.22. The van der Waals surface area contributed by atoms with E-state index in [9.17, 15) is 10.5 Å². The third-order valence-corrected chi connectivity index (χ3v) is 12.6. The minimum absolute atomic E-state index is 0.0484. The average Bonchev–Trinajstić information content (AvgIpc) is 3.79. The van der Waals surface area contributed by atoms with E-state index in [0.717, 1.165) is 70.7 Å². The van der Waals surface area contributed by atoms with Gasteiger partial charge in [-0.2, -0.15) is 0 Å². The predicted octanol–water partition coefficient (Wildman–Crippen LogP) is 6.79. The second-order valence-electron chi connectivity index (χ2n) is 16.7. The van der Waals surface area contributed by atoms with Crippen molar-refractivity contribution >= 4 is 11.9 Å². The molecule has 8 nitrogen and oxygen atoms in total. The molecule has 3 fully saturated rings. The summed E-state index contributed by atoms with van der Waals surface area (Å²) in [4.78, 5) is 14.7. The summed E-state index contributed by atoms with van der Waals surface area (Å²) in [5.74, 6) is 3.62. The molecule has 2 aromatic carbocycles. The zero-order chi connectivity index (χ0) is 34.7. The Hall–Kier alpha value is -3.26. The molecule has 4 N–H and O–H groups in total. The van der Waals surface area contributed by atoms with Crippen LogP contribution in [-0.2, 0) is 12.8 Å². The van der Waals surface area contributed by atoms with Gasteiger partial charge in [0.2, 0.25) is 0 Å². The molecular formula is C41H63N7O. The third-order valence-electron chi connectivity index (χ3n) is 12.6. The quantitative estimate of drug-likeness (QED) is 0.231. The summed E-state index contributed by atoms with van der Waals surface area (Å²) in [6.07, 6.45) is 10.3.